The van der Waals surface area contributed by atoms with Gasteiger partial charge in [-0.05, 0) is 12.1 Å². The monoisotopic (exact) mass is 301 g/mol. The van der Waals surface area contributed by atoms with E-state index in [0.29, 0.717) is 5.01 Å². The van der Waals surface area contributed by atoms with E-state index in [9.17, 15) is 9.18 Å². The SMILES string of the molecule is COC(=O)c1sc(-c2cccc(OC)c2F)nc1Cl. The van der Waals surface area contributed by atoms with Crippen LogP contribution < -0.4 is 4.74 Å². The molecule has 0 amide bonds. The molecule has 0 saturated heterocycles. The van der Waals surface area contributed by atoms with Gasteiger partial charge < -0.3 is 9.47 Å². The first-order valence-electron chi connectivity index (χ1n) is 5.16. The van der Waals surface area contributed by atoms with Crippen LogP contribution in [0.5, 0.6) is 5.75 Å². The van der Waals surface area contributed by atoms with E-state index in [2.05, 4.69) is 9.72 Å². The maximum Gasteiger partial charge on any atom is 0.351 e. The summed E-state index contributed by atoms with van der Waals surface area (Å²) in [6.07, 6.45) is 0. The fourth-order valence-electron chi connectivity index (χ4n) is 1.47. The average Bonchev–Trinajstić information content (AvgIpc) is 2.80. The minimum atomic E-state index is -0.600. The van der Waals surface area contributed by atoms with Crippen molar-refractivity contribution >= 4 is 28.9 Å². The molecular formula is C12H9ClFNO3S. The first kappa shape index (κ1) is 13.8. The fourth-order valence-corrected chi connectivity index (χ4v) is 2.69. The smallest absolute Gasteiger partial charge is 0.351 e. The molecule has 0 spiro atoms. The van der Waals surface area contributed by atoms with E-state index >= 15 is 0 Å². The Morgan fingerprint density at radius 2 is 2.16 bits per heavy atom. The van der Waals surface area contributed by atoms with Crippen LogP contribution in [0.15, 0.2) is 18.2 Å². The first-order valence-corrected chi connectivity index (χ1v) is 6.35. The normalized spacial score (nSPS) is 10.3. The summed E-state index contributed by atoms with van der Waals surface area (Å²) in [5.74, 6) is -1.05. The lowest BCUT2D eigenvalue weighted by molar-refractivity contribution is 0.0606. The first-order chi connectivity index (χ1) is 9.08. The van der Waals surface area contributed by atoms with Crippen molar-refractivity contribution in [3.63, 3.8) is 0 Å². The molecule has 0 radical (unpaired) electrons. The summed E-state index contributed by atoms with van der Waals surface area (Å²) in [6.45, 7) is 0. The quantitative estimate of drug-likeness (QED) is 0.815. The van der Waals surface area contributed by atoms with E-state index in [1.54, 1.807) is 6.07 Å². The summed E-state index contributed by atoms with van der Waals surface area (Å²) in [6, 6.07) is 4.66. The van der Waals surface area contributed by atoms with Gasteiger partial charge in [-0.3, -0.25) is 0 Å². The van der Waals surface area contributed by atoms with Crippen molar-refractivity contribution in [3.05, 3.63) is 34.0 Å². The highest BCUT2D eigenvalue weighted by Gasteiger charge is 2.20. The number of hydrogen-bond donors (Lipinski definition) is 0. The van der Waals surface area contributed by atoms with Gasteiger partial charge >= 0.3 is 5.97 Å². The van der Waals surface area contributed by atoms with Gasteiger partial charge in [0, 0.05) is 0 Å². The lowest BCUT2D eigenvalue weighted by Crippen LogP contribution is -1.98. The van der Waals surface area contributed by atoms with E-state index in [1.165, 1.54) is 26.4 Å². The van der Waals surface area contributed by atoms with Gasteiger partial charge in [0.05, 0.1) is 19.8 Å². The molecule has 2 rings (SSSR count). The zero-order chi connectivity index (χ0) is 14.0. The number of benzene rings is 1. The second-order valence-electron chi connectivity index (χ2n) is 3.45. The van der Waals surface area contributed by atoms with Crippen molar-refractivity contribution in [2.75, 3.05) is 14.2 Å². The Labute approximate surface area is 117 Å². The standard InChI is InChI=1S/C12H9ClFNO3S/c1-17-7-5-3-4-6(8(7)14)11-15-10(13)9(19-11)12(16)18-2/h3-5H,1-2H3. The predicted octanol–water partition coefficient (Wildman–Crippen LogP) is 3.40. The number of nitrogens with zero attached hydrogens (tertiary/aromatic N) is 1. The molecule has 4 nitrogen and oxygen atoms in total. The molecule has 2 aromatic rings. The molecule has 0 aliphatic carbocycles. The Morgan fingerprint density at radius 3 is 2.79 bits per heavy atom. The molecule has 1 aromatic carbocycles. The summed E-state index contributed by atoms with van der Waals surface area (Å²) in [7, 11) is 2.61. The van der Waals surface area contributed by atoms with Gasteiger partial charge in [0.1, 0.15) is 5.01 Å². The number of carbonyl (C=O) groups is 1. The number of ether oxygens (including phenoxy) is 2. The van der Waals surface area contributed by atoms with E-state index in [4.69, 9.17) is 16.3 Å². The number of methoxy groups -OCH3 is 2. The number of thiazole rings is 1. The number of aromatic nitrogens is 1. The van der Waals surface area contributed by atoms with Crippen molar-refractivity contribution in [2.45, 2.75) is 0 Å². The third-order valence-corrected chi connectivity index (χ3v) is 3.82. The van der Waals surface area contributed by atoms with E-state index in [-0.39, 0.29) is 21.3 Å². The number of hydrogen-bond acceptors (Lipinski definition) is 5. The number of rotatable bonds is 3. The zero-order valence-electron chi connectivity index (χ0n) is 10.1. The molecule has 0 atom stereocenters. The molecular weight excluding hydrogens is 293 g/mol. The van der Waals surface area contributed by atoms with E-state index in [1.807, 2.05) is 0 Å². The molecule has 0 aliphatic rings. The summed E-state index contributed by atoms with van der Waals surface area (Å²) in [4.78, 5) is 15.5. The van der Waals surface area contributed by atoms with Crippen LogP contribution in [0.2, 0.25) is 5.15 Å². The van der Waals surface area contributed by atoms with Gasteiger partial charge in [0.25, 0.3) is 0 Å². The van der Waals surface area contributed by atoms with Gasteiger partial charge in [0.2, 0.25) is 0 Å². The van der Waals surface area contributed by atoms with Crippen LogP contribution in [0.3, 0.4) is 0 Å². The Morgan fingerprint density at radius 1 is 1.42 bits per heavy atom. The van der Waals surface area contributed by atoms with Crippen molar-refractivity contribution < 1.29 is 18.7 Å². The van der Waals surface area contributed by atoms with Crippen LogP contribution in [-0.4, -0.2) is 25.2 Å². The van der Waals surface area contributed by atoms with Crippen molar-refractivity contribution in [1.82, 2.24) is 4.98 Å². The molecule has 1 aromatic heterocycles. The van der Waals surface area contributed by atoms with Crippen LogP contribution in [0, 0.1) is 5.82 Å². The van der Waals surface area contributed by atoms with Gasteiger partial charge in [-0.1, -0.05) is 17.7 Å². The molecule has 0 fully saturated rings. The molecule has 0 aliphatic heterocycles. The third kappa shape index (κ3) is 2.54. The van der Waals surface area contributed by atoms with Gasteiger partial charge in [0.15, 0.2) is 21.6 Å². The Balaban J connectivity index is 2.51. The molecule has 1 heterocycles. The highest BCUT2D eigenvalue weighted by atomic mass is 35.5. The van der Waals surface area contributed by atoms with Crippen LogP contribution in [0.4, 0.5) is 4.39 Å². The number of esters is 1. The number of halogens is 2. The largest absolute Gasteiger partial charge is 0.494 e. The third-order valence-electron chi connectivity index (χ3n) is 2.37. The molecule has 0 bridgehead atoms. The summed E-state index contributed by atoms with van der Waals surface area (Å²) >= 11 is 6.80. The van der Waals surface area contributed by atoms with Crippen LogP contribution in [0.25, 0.3) is 10.6 Å². The second-order valence-corrected chi connectivity index (χ2v) is 4.81. The Kier molecular flexibility index (Phi) is 4.01. The second kappa shape index (κ2) is 5.54. The van der Waals surface area contributed by atoms with Crippen molar-refractivity contribution in [2.24, 2.45) is 0 Å². The van der Waals surface area contributed by atoms with Gasteiger partial charge in [-0.2, -0.15) is 0 Å². The predicted molar refractivity (Wildman–Crippen MR) is 70.4 cm³/mol. The highest BCUT2D eigenvalue weighted by Crippen LogP contribution is 2.35. The molecule has 0 unspecified atom stereocenters. The minimum Gasteiger partial charge on any atom is -0.494 e. The van der Waals surface area contributed by atoms with E-state index < -0.39 is 11.8 Å². The van der Waals surface area contributed by atoms with Crippen molar-refractivity contribution in [1.29, 1.82) is 0 Å². The molecule has 100 valence electrons. The molecule has 0 saturated carbocycles. The lowest BCUT2D eigenvalue weighted by Gasteiger charge is -2.04. The van der Waals surface area contributed by atoms with Crippen LogP contribution >= 0.6 is 22.9 Å². The van der Waals surface area contributed by atoms with Crippen molar-refractivity contribution in [3.8, 4) is 16.3 Å². The topological polar surface area (TPSA) is 48.4 Å². The maximum atomic E-state index is 14.1. The molecule has 7 heteroatoms. The van der Waals surface area contributed by atoms with Crippen LogP contribution in [-0.2, 0) is 4.74 Å². The van der Waals surface area contributed by atoms with E-state index in [0.717, 1.165) is 11.3 Å². The van der Waals surface area contributed by atoms with Gasteiger partial charge in [-0.25, -0.2) is 14.2 Å². The molecule has 19 heavy (non-hydrogen) atoms. The summed E-state index contributed by atoms with van der Waals surface area (Å²) < 4.78 is 23.5. The van der Waals surface area contributed by atoms with Crippen LogP contribution in [0.1, 0.15) is 9.67 Å². The minimum absolute atomic E-state index is 0.00549. The lowest BCUT2D eigenvalue weighted by atomic mass is 10.2. The summed E-state index contributed by atoms with van der Waals surface area (Å²) in [5, 5.41) is 0.288. The Hall–Kier alpha value is -1.66. The average molecular weight is 302 g/mol. The number of carbonyl (C=O) groups excluding carboxylic acids is 1. The highest BCUT2D eigenvalue weighted by molar-refractivity contribution is 7.17. The fraction of sp³-hybridized carbons (Fsp3) is 0.167. The maximum absolute atomic E-state index is 14.1. The molecule has 0 N–H and O–H groups in total. The van der Waals surface area contributed by atoms with Gasteiger partial charge in [-0.15, -0.1) is 11.3 Å². The Bertz CT molecular complexity index is 629. The zero-order valence-corrected chi connectivity index (χ0v) is 11.6. The summed E-state index contributed by atoms with van der Waals surface area (Å²) in [5.41, 5.74) is 0.224.